The highest BCUT2D eigenvalue weighted by molar-refractivity contribution is 8.27. The molecular weight excluding hydrogens is 234 g/mol. The molecule has 2 aromatic rings. The zero-order valence-corrected chi connectivity index (χ0v) is 9.72. The fraction of sp³-hybridized carbons (Fsp3) is 0.0833. The van der Waals surface area contributed by atoms with Gasteiger partial charge in [-0.2, -0.15) is 0 Å². The number of amides is 1. The maximum Gasteiger partial charge on any atom is 0.256 e. The van der Waals surface area contributed by atoms with Gasteiger partial charge in [0.25, 0.3) is 5.91 Å². The molecule has 5 heteroatoms. The van der Waals surface area contributed by atoms with E-state index in [1.54, 1.807) is 11.7 Å². The Balaban J connectivity index is 2.01. The molecule has 2 heterocycles. The molecule has 0 aliphatic carbocycles. The van der Waals surface area contributed by atoms with Gasteiger partial charge >= 0.3 is 0 Å². The molecule has 1 aromatic carbocycles. The molecule has 1 aliphatic heterocycles. The molecule has 4 nitrogen and oxygen atoms in total. The normalized spacial score (nSPS) is 19.3. The maximum absolute atomic E-state index is 11.0. The average molecular weight is 243 g/mol. The van der Waals surface area contributed by atoms with Gasteiger partial charge in [-0.05, 0) is 23.1 Å². The van der Waals surface area contributed by atoms with E-state index in [4.69, 9.17) is 0 Å². The number of fused-ring (bicyclic) bond motifs is 1. The van der Waals surface area contributed by atoms with E-state index in [0.717, 1.165) is 16.5 Å². The van der Waals surface area contributed by atoms with Crippen molar-refractivity contribution in [2.45, 2.75) is 0 Å². The lowest BCUT2D eigenvalue weighted by molar-refractivity contribution is -0.115. The summed E-state index contributed by atoms with van der Waals surface area (Å²) in [5.41, 5.74) is 3.74. The van der Waals surface area contributed by atoms with Crippen LogP contribution in [0.5, 0.6) is 0 Å². The Bertz CT molecular complexity index is 664. The van der Waals surface area contributed by atoms with Crippen LogP contribution in [0.1, 0.15) is 5.56 Å². The summed E-state index contributed by atoms with van der Waals surface area (Å²) in [6.07, 6.45) is 3.33. The number of benzene rings is 1. The Morgan fingerprint density at radius 2 is 2.29 bits per heavy atom. The number of carbonyl (C=O) groups excluding carboxylic acids is 1. The van der Waals surface area contributed by atoms with Gasteiger partial charge in [-0.3, -0.25) is 4.79 Å². The van der Waals surface area contributed by atoms with Crippen molar-refractivity contribution in [3.05, 3.63) is 36.3 Å². The second-order valence-electron chi connectivity index (χ2n) is 3.70. The molecule has 1 unspecified atom stereocenters. The van der Waals surface area contributed by atoms with Gasteiger partial charge in [0.1, 0.15) is 6.33 Å². The number of nitrogens with zero attached hydrogens (tertiary/aromatic N) is 3. The molecule has 1 aliphatic rings. The van der Waals surface area contributed by atoms with Crippen LogP contribution in [0.4, 0.5) is 0 Å². The minimum atomic E-state index is -0.158. The maximum atomic E-state index is 11.0. The first-order valence-electron chi connectivity index (χ1n) is 5.11. The van der Waals surface area contributed by atoms with E-state index in [0.29, 0.717) is 5.75 Å². The Hall–Kier alpha value is -1.88. The fourth-order valence-corrected chi connectivity index (χ4v) is 2.99. The molecule has 1 amide bonds. The first-order chi connectivity index (χ1) is 8.31. The third-order valence-electron chi connectivity index (χ3n) is 2.44. The van der Waals surface area contributed by atoms with Crippen LogP contribution in [0.3, 0.4) is 0 Å². The number of rotatable bonds is 1. The van der Waals surface area contributed by atoms with Gasteiger partial charge < -0.3 is 0 Å². The minimum absolute atomic E-state index is 0.0336. The molecular formula is C12H9N3OS. The third kappa shape index (κ3) is 2.14. The number of hydrogen-bond acceptors (Lipinski definition) is 3. The van der Waals surface area contributed by atoms with E-state index in [2.05, 4.69) is 20.3 Å². The van der Waals surface area contributed by atoms with Crippen LogP contribution in [-0.2, 0) is 4.79 Å². The van der Waals surface area contributed by atoms with Crippen LogP contribution in [-0.4, -0.2) is 32.5 Å². The highest BCUT2D eigenvalue weighted by Crippen LogP contribution is 2.18. The number of aliphatic imine (C=N–C) groups is 1. The predicted molar refractivity (Wildman–Crippen MR) is 70.7 cm³/mol. The van der Waals surface area contributed by atoms with Crippen LogP contribution in [0, 0.1) is 0 Å². The Labute approximate surface area is 100 Å². The predicted octanol–water partition coefficient (Wildman–Crippen LogP) is 1.62. The molecule has 0 N–H and O–H groups in total. The fourth-order valence-electron chi connectivity index (χ4n) is 1.67. The molecule has 17 heavy (non-hydrogen) atoms. The molecule has 0 saturated carbocycles. The Kier molecular flexibility index (Phi) is 2.53. The monoisotopic (exact) mass is 243 g/mol. The summed E-state index contributed by atoms with van der Waals surface area (Å²) in [7, 11) is -0.158. The summed E-state index contributed by atoms with van der Waals surface area (Å²) in [4.78, 5) is 23.0. The zero-order chi connectivity index (χ0) is 11.7. The zero-order valence-electron chi connectivity index (χ0n) is 8.91. The highest BCUT2D eigenvalue weighted by Gasteiger charge is 2.08. The second-order valence-corrected chi connectivity index (χ2v) is 5.37. The summed E-state index contributed by atoms with van der Waals surface area (Å²) in [5, 5.41) is 3.08. The number of hydrogen-bond donors (Lipinski definition) is 0. The molecule has 0 saturated heterocycles. The summed E-state index contributed by atoms with van der Waals surface area (Å²) in [6.45, 7) is 0. The molecule has 1 atom stereocenters. The lowest BCUT2D eigenvalue weighted by Crippen LogP contribution is -1.91. The van der Waals surface area contributed by atoms with E-state index < -0.39 is 0 Å². The van der Waals surface area contributed by atoms with E-state index in [-0.39, 0.29) is 16.4 Å². The molecule has 84 valence electrons. The van der Waals surface area contributed by atoms with Crippen molar-refractivity contribution >= 4 is 38.2 Å². The Morgan fingerprint density at radius 1 is 1.35 bits per heavy atom. The van der Waals surface area contributed by atoms with Gasteiger partial charge in [-0.25, -0.2) is 15.0 Å². The molecule has 0 bridgehead atoms. The lowest BCUT2D eigenvalue weighted by Gasteiger charge is -1.99. The molecule has 3 rings (SSSR count). The average Bonchev–Trinajstić information content (AvgIpc) is 2.75. The molecule has 0 radical (unpaired) electrons. The smallest absolute Gasteiger partial charge is 0.256 e. The third-order valence-corrected chi connectivity index (χ3v) is 3.97. The number of aromatic nitrogens is 2. The van der Waals surface area contributed by atoms with Crippen LogP contribution in [0.2, 0.25) is 0 Å². The highest BCUT2D eigenvalue weighted by atomic mass is 32.2. The van der Waals surface area contributed by atoms with E-state index in [9.17, 15) is 4.79 Å². The van der Waals surface area contributed by atoms with Crippen molar-refractivity contribution in [2.24, 2.45) is 4.99 Å². The van der Waals surface area contributed by atoms with Gasteiger partial charge in [0.2, 0.25) is 0 Å². The van der Waals surface area contributed by atoms with Crippen molar-refractivity contribution in [2.75, 3.05) is 5.75 Å². The quantitative estimate of drug-likeness (QED) is 0.715. The first-order valence-corrected chi connectivity index (χ1v) is 6.63. The van der Waals surface area contributed by atoms with Gasteiger partial charge in [-0.1, -0.05) is 6.07 Å². The van der Waals surface area contributed by atoms with Crippen molar-refractivity contribution in [3.8, 4) is 0 Å². The topological polar surface area (TPSA) is 55.2 Å². The summed E-state index contributed by atoms with van der Waals surface area (Å²) in [5.74, 6) is 0.470. The second kappa shape index (κ2) is 4.18. The van der Waals surface area contributed by atoms with E-state index in [1.807, 2.05) is 18.2 Å². The van der Waals surface area contributed by atoms with Crippen molar-refractivity contribution < 1.29 is 4.79 Å². The molecule has 0 spiro atoms. The summed E-state index contributed by atoms with van der Waals surface area (Å²) in [6, 6.07) is 5.99. The van der Waals surface area contributed by atoms with Crippen molar-refractivity contribution in [3.63, 3.8) is 0 Å². The lowest BCUT2D eigenvalue weighted by atomic mass is 10.2. The van der Waals surface area contributed by atoms with Crippen LogP contribution in [0.25, 0.3) is 10.9 Å². The van der Waals surface area contributed by atoms with Gasteiger partial charge in [-0.15, -0.1) is 10.5 Å². The Morgan fingerprint density at radius 3 is 3.12 bits per heavy atom. The summed E-state index contributed by atoms with van der Waals surface area (Å²) >= 11 is 0. The molecule has 1 aromatic heterocycles. The number of carbonyl (C=O) groups is 1. The van der Waals surface area contributed by atoms with Crippen LogP contribution in [0.15, 0.2) is 35.7 Å². The van der Waals surface area contributed by atoms with Crippen LogP contribution >= 0.6 is 10.5 Å². The molecule has 0 fully saturated rings. The van der Waals surface area contributed by atoms with Gasteiger partial charge in [0, 0.05) is 11.6 Å². The van der Waals surface area contributed by atoms with Crippen molar-refractivity contribution in [1.82, 2.24) is 9.97 Å². The first kappa shape index (κ1) is 10.3. The SMILES string of the molecule is O=C1CS(=Cc2ccc3ncncc3c2)C=N1. The van der Waals surface area contributed by atoms with Gasteiger partial charge in [0.15, 0.2) is 0 Å². The van der Waals surface area contributed by atoms with Gasteiger partial charge in [0.05, 0.1) is 16.8 Å². The van der Waals surface area contributed by atoms with E-state index in [1.165, 1.54) is 6.33 Å². The van der Waals surface area contributed by atoms with Crippen LogP contribution < -0.4 is 0 Å². The largest absolute Gasteiger partial charge is 0.272 e. The van der Waals surface area contributed by atoms with E-state index >= 15 is 0 Å². The van der Waals surface area contributed by atoms with Crippen molar-refractivity contribution in [1.29, 1.82) is 0 Å². The summed E-state index contributed by atoms with van der Waals surface area (Å²) < 4.78 is 0. The standard InChI is InChI=1S/C12H9N3OS/c16-12-6-17(8-15-12)5-9-1-2-11-10(3-9)4-13-7-14-11/h1-5,7-8H,6H2. The minimum Gasteiger partial charge on any atom is -0.272 e.